The number of hydrogen-bond donors (Lipinski definition) is 1. The summed E-state index contributed by atoms with van der Waals surface area (Å²) in [7, 11) is 0. The first-order valence-electron chi connectivity index (χ1n) is 4.28. The lowest BCUT2D eigenvalue weighted by Crippen LogP contribution is -1.95. The van der Waals surface area contributed by atoms with Gasteiger partial charge in [0.05, 0.1) is 6.10 Å². The van der Waals surface area contributed by atoms with E-state index < -0.39 is 6.10 Å². The standard InChI is InChI=1S/C11H13ClO/c1-2-3-7-11(13)9-5-4-6-10(12)8-9/h2,4-6,8,11,13H,1,3,7H2. The van der Waals surface area contributed by atoms with Gasteiger partial charge in [-0.2, -0.15) is 0 Å². The molecule has 1 atom stereocenters. The summed E-state index contributed by atoms with van der Waals surface area (Å²) >= 11 is 5.79. The normalized spacial score (nSPS) is 12.5. The van der Waals surface area contributed by atoms with Crippen molar-refractivity contribution < 1.29 is 5.11 Å². The Balaban J connectivity index is 2.65. The molecule has 0 aliphatic carbocycles. The Morgan fingerprint density at radius 3 is 2.92 bits per heavy atom. The Morgan fingerprint density at radius 2 is 2.31 bits per heavy atom. The average Bonchev–Trinajstić information content (AvgIpc) is 2.14. The summed E-state index contributed by atoms with van der Waals surface area (Å²) in [6, 6.07) is 7.30. The maximum Gasteiger partial charge on any atom is 0.0793 e. The molecule has 0 fully saturated rings. The van der Waals surface area contributed by atoms with Crippen molar-refractivity contribution in [3.8, 4) is 0 Å². The molecule has 1 N–H and O–H groups in total. The first kappa shape index (κ1) is 10.3. The molecular formula is C11H13ClO. The van der Waals surface area contributed by atoms with Gasteiger partial charge >= 0.3 is 0 Å². The molecule has 0 radical (unpaired) electrons. The van der Waals surface area contributed by atoms with Gasteiger partial charge < -0.3 is 5.11 Å². The molecule has 2 heteroatoms. The molecule has 1 aromatic carbocycles. The summed E-state index contributed by atoms with van der Waals surface area (Å²) in [5, 5.41) is 10.3. The van der Waals surface area contributed by atoms with Gasteiger partial charge in [0.15, 0.2) is 0 Å². The van der Waals surface area contributed by atoms with Crippen LogP contribution in [0.3, 0.4) is 0 Å². The zero-order valence-electron chi connectivity index (χ0n) is 7.41. The van der Waals surface area contributed by atoms with E-state index in [1.54, 1.807) is 18.2 Å². The average molecular weight is 197 g/mol. The molecule has 0 saturated carbocycles. The molecule has 0 amide bonds. The van der Waals surface area contributed by atoms with Crippen molar-refractivity contribution in [2.24, 2.45) is 0 Å². The Labute approximate surface area is 83.7 Å². The maximum atomic E-state index is 9.67. The summed E-state index contributed by atoms with van der Waals surface area (Å²) in [5.74, 6) is 0. The van der Waals surface area contributed by atoms with E-state index in [1.807, 2.05) is 12.1 Å². The van der Waals surface area contributed by atoms with Gasteiger partial charge in [-0.25, -0.2) is 0 Å². The van der Waals surface area contributed by atoms with E-state index in [-0.39, 0.29) is 0 Å². The van der Waals surface area contributed by atoms with E-state index >= 15 is 0 Å². The van der Waals surface area contributed by atoms with Crippen molar-refractivity contribution >= 4 is 11.6 Å². The highest BCUT2D eigenvalue weighted by Gasteiger charge is 2.05. The SMILES string of the molecule is C=CCCC(O)c1cccc(Cl)c1. The van der Waals surface area contributed by atoms with Crippen molar-refractivity contribution in [3.63, 3.8) is 0 Å². The first-order valence-corrected chi connectivity index (χ1v) is 4.66. The first-order chi connectivity index (χ1) is 6.24. The van der Waals surface area contributed by atoms with E-state index in [9.17, 15) is 5.11 Å². The fraction of sp³-hybridized carbons (Fsp3) is 0.273. The van der Waals surface area contributed by atoms with Crippen molar-refractivity contribution in [2.45, 2.75) is 18.9 Å². The van der Waals surface area contributed by atoms with Crippen LogP contribution in [0.15, 0.2) is 36.9 Å². The highest BCUT2D eigenvalue weighted by Crippen LogP contribution is 2.21. The van der Waals surface area contributed by atoms with E-state index in [0.717, 1.165) is 12.0 Å². The van der Waals surface area contributed by atoms with Crippen molar-refractivity contribution in [3.05, 3.63) is 47.5 Å². The van der Waals surface area contributed by atoms with Crippen LogP contribution >= 0.6 is 11.6 Å². The van der Waals surface area contributed by atoms with Crippen LogP contribution in [0.1, 0.15) is 24.5 Å². The van der Waals surface area contributed by atoms with E-state index in [0.29, 0.717) is 11.4 Å². The number of benzene rings is 1. The predicted octanol–water partition coefficient (Wildman–Crippen LogP) is 3.34. The third-order valence-electron chi connectivity index (χ3n) is 1.88. The van der Waals surface area contributed by atoms with Gasteiger partial charge in [-0.3, -0.25) is 0 Å². The van der Waals surface area contributed by atoms with Crippen LogP contribution < -0.4 is 0 Å². The number of halogens is 1. The van der Waals surface area contributed by atoms with Crippen LogP contribution in [0, 0.1) is 0 Å². The van der Waals surface area contributed by atoms with Crippen LogP contribution in [0.2, 0.25) is 5.02 Å². The van der Waals surface area contributed by atoms with Crippen LogP contribution in [-0.4, -0.2) is 5.11 Å². The minimum absolute atomic E-state index is 0.434. The fourth-order valence-electron chi connectivity index (χ4n) is 1.16. The van der Waals surface area contributed by atoms with Crippen molar-refractivity contribution in [1.82, 2.24) is 0 Å². The highest BCUT2D eigenvalue weighted by atomic mass is 35.5. The zero-order valence-corrected chi connectivity index (χ0v) is 8.17. The summed E-state index contributed by atoms with van der Waals surface area (Å²) < 4.78 is 0. The molecule has 0 heterocycles. The van der Waals surface area contributed by atoms with Crippen LogP contribution in [0.25, 0.3) is 0 Å². The van der Waals surface area contributed by atoms with Gasteiger partial charge in [0, 0.05) is 5.02 Å². The molecule has 0 saturated heterocycles. The second-order valence-electron chi connectivity index (χ2n) is 2.94. The van der Waals surface area contributed by atoms with Gasteiger partial charge in [-0.1, -0.05) is 29.8 Å². The van der Waals surface area contributed by atoms with Gasteiger partial charge in [0.2, 0.25) is 0 Å². The summed E-state index contributed by atoms with van der Waals surface area (Å²) in [4.78, 5) is 0. The molecule has 0 aliphatic heterocycles. The molecule has 0 aliphatic rings. The van der Waals surface area contributed by atoms with Crippen LogP contribution in [0.5, 0.6) is 0 Å². The smallest absolute Gasteiger partial charge is 0.0793 e. The summed E-state index contributed by atoms with van der Waals surface area (Å²) in [5.41, 5.74) is 0.870. The van der Waals surface area contributed by atoms with Gasteiger partial charge in [-0.15, -0.1) is 6.58 Å². The minimum Gasteiger partial charge on any atom is -0.388 e. The minimum atomic E-state index is -0.434. The Hall–Kier alpha value is -0.790. The summed E-state index contributed by atoms with van der Waals surface area (Å²) in [6.45, 7) is 3.61. The lowest BCUT2D eigenvalue weighted by Gasteiger charge is -2.09. The van der Waals surface area contributed by atoms with Crippen LogP contribution in [-0.2, 0) is 0 Å². The predicted molar refractivity (Wildman–Crippen MR) is 55.8 cm³/mol. The lowest BCUT2D eigenvalue weighted by molar-refractivity contribution is 0.169. The molecular weight excluding hydrogens is 184 g/mol. The third kappa shape index (κ3) is 3.21. The zero-order chi connectivity index (χ0) is 9.68. The second-order valence-corrected chi connectivity index (χ2v) is 3.37. The quantitative estimate of drug-likeness (QED) is 0.733. The Bertz CT molecular complexity index is 283. The molecule has 1 unspecified atom stereocenters. The van der Waals surface area contributed by atoms with Gasteiger partial charge in [-0.05, 0) is 30.5 Å². The number of allylic oxidation sites excluding steroid dienone is 1. The molecule has 1 aromatic rings. The number of aliphatic hydroxyl groups excluding tert-OH is 1. The number of rotatable bonds is 4. The van der Waals surface area contributed by atoms with Gasteiger partial charge in [0.1, 0.15) is 0 Å². The van der Waals surface area contributed by atoms with Crippen LogP contribution in [0.4, 0.5) is 0 Å². The second kappa shape index (κ2) is 5.05. The third-order valence-corrected chi connectivity index (χ3v) is 2.11. The van der Waals surface area contributed by atoms with E-state index in [4.69, 9.17) is 11.6 Å². The highest BCUT2D eigenvalue weighted by molar-refractivity contribution is 6.30. The number of aliphatic hydroxyl groups is 1. The summed E-state index contributed by atoms with van der Waals surface area (Å²) in [6.07, 6.45) is 2.88. The fourth-order valence-corrected chi connectivity index (χ4v) is 1.35. The molecule has 13 heavy (non-hydrogen) atoms. The number of hydrogen-bond acceptors (Lipinski definition) is 1. The lowest BCUT2D eigenvalue weighted by atomic mass is 10.1. The van der Waals surface area contributed by atoms with Crippen molar-refractivity contribution in [1.29, 1.82) is 0 Å². The molecule has 1 nitrogen and oxygen atoms in total. The largest absolute Gasteiger partial charge is 0.388 e. The van der Waals surface area contributed by atoms with Crippen molar-refractivity contribution in [2.75, 3.05) is 0 Å². The molecule has 0 aromatic heterocycles. The van der Waals surface area contributed by atoms with E-state index in [1.165, 1.54) is 0 Å². The molecule has 0 spiro atoms. The van der Waals surface area contributed by atoms with Gasteiger partial charge in [0.25, 0.3) is 0 Å². The molecule has 0 bridgehead atoms. The topological polar surface area (TPSA) is 20.2 Å². The maximum absolute atomic E-state index is 9.67. The monoisotopic (exact) mass is 196 g/mol. The van der Waals surface area contributed by atoms with E-state index in [2.05, 4.69) is 6.58 Å². The molecule has 70 valence electrons. The Morgan fingerprint density at radius 1 is 1.54 bits per heavy atom. The molecule has 1 rings (SSSR count). The Kier molecular flexibility index (Phi) is 4.00.